The van der Waals surface area contributed by atoms with Gasteiger partial charge in [0.25, 0.3) is 5.56 Å². The normalized spacial score (nSPS) is 14.4. The molecule has 1 N–H and O–H groups in total. The van der Waals surface area contributed by atoms with Crippen LogP contribution >= 0.6 is 23.2 Å². The van der Waals surface area contributed by atoms with Crippen LogP contribution in [0.4, 0.5) is 5.69 Å². The number of anilines is 1. The highest BCUT2D eigenvalue weighted by molar-refractivity contribution is 6.42. The molecule has 0 radical (unpaired) electrons. The topological polar surface area (TPSA) is 69.0 Å². The van der Waals surface area contributed by atoms with E-state index in [0.29, 0.717) is 27.2 Å². The lowest BCUT2D eigenvalue weighted by Gasteiger charge is -2.31. The van der Waals surface area contributed by atoms with Gasteiger partial charge >= 0.3 is 0 Å². The second kappa shape index (κ2) is 7.72. The van der Waals surface area contributed by atoms with E-state index in [-0.39, 0.29) is 5.69 Å². The molecule has 0 aliphatic carbocycles. The van der Waals surface area contributed by atoms with E-state index in [1.165, 1.54) is 0 Å². The Hall–Kier alpha value is -3.35. The highest BCUT2D eigenvalue weighted by atomic mass is 35.5. The first-order valence-electron chi connectivity index (χ1n) is 9.52. The third kappa shape index (κ3) is 3.34. The lowest BCUT2D eigenvalue weighted by atomic mass is 10.1. The van der Waals surface area contributed by atoms with Gasteiger partial charge in [0.15, 0.2) is 17.7 Å². The Kier molecular flexibility index (Phi) is 4.88. The molecule has 1 atom stereocenters. The summed E-state index contributed by atoms with van der Waals surface area (Å²) in [6.07, 6.45) is -0.499. The number of para-hydroxylation sites is 1. The number of hydrogen-bond donors (Lipinski definition) is 1. The monoisotopic (exact) mass is 450 g/mol. The van der Waals surface area contributed by atoms with Gasteiger partial charge in [0, 0.05) is 22.4 Å². The van der Waals surface area contributed by atoms with Gasteiger partial charge in [-0.25, -0.2) is 4.68 Å². The second-order valence-electron chi connectivity index (χ2n) is 7.00. The molecule has 1 aliphatic rings. The van der Waals surface area contributed by atoms with Gasteiger partial charge in [0.05, 0.1) is 17.2 Å². The molecule has 0 saturated heterocycles. The van der Waals surface area contributed by atoms with Gasteiger partial charge in [0.2, 0.25) is 0 Å². The minimum Gasteiger partial charge on any atom is -0.497 e. The van der Waals surface area contributed by atoms with Gasteiger partial charge in [-0.15, -0.1) is 0 Å². The van der Waals surface area contributed by atoms with E-state index in [4.69, 9.17) is 33.0 Å². The Morgan fingerprint density at radius 3 is 2.55 bits per heavy atom. The molecule has 0 fully saturated rings. The van der Waals surface area contributed by atoms with E-state index in [0.717, 1.165) is 16.8 Å². The van der Waals surface area contributed by atoms with Crippen molar-refractivity contribution < 1.29 is 4.74 Å². The zero-order chi connectivity index (χ0) is 21.5. The number of rotatable bonds is 3. The van der Waals surface area contributed by atoms with Crippen molar-refractivity contribution in [2.75, 3.05) is 12.4 Å². The third-order valence-corrected chi connectivity index (χ3v) is 6.01. The molecular formula is C23H16Cl2N4O2. The third-order valence-electron chi connectivity index (χ3n) is 5.18. The molecule has 154 valence electrons. The summed E-state index contributed by atoms with van der Waals surface area (Å²) in [5, 5.41) is 9.00. The summed E-state index contributed by atoms with van der Waals surface area (Å²) in [5.41, 5.74) is 2.80. The van der Waals surface area contributed by atoms with Crippen molar-refractivity contribution in [2.24, 2.45) is 0 Å². The van der Waals surface area contributed by atoms with Gasteiger partial charge in [-0.2, -0.15) is 10.1 Å². The molecule has 0 saturated carbocycles. The summed E-state index contributed by atoms with van der Waals surface area (Å²) in [5.74, 6) is 1.15. The SMILES string of the molecule is COc1ccc(-c2nn3c(nc2=O)-c2ccccc2N[C@H]3c2cccc(Cl)c2Cl)cc1. The van der Waals surface area contributed by atoms with Crippen molar-refractivity contribution >= 4 is 28.9 Å². The largest absolute Gasteiger partial charge is 0.497 e. The number of aromatic nitrogens is 3. The fourth-order valence-electron chi connectivity index (χ4n) is 3.65. The van der Waals surface area contributed by atoms with Crippen molar-refractivity contribution in [3.8, 4) is 28.4 Å². The predicted octanol–water partition coefficient (Wildman–Crippen LogP) is 5.26. The van der Waals surface area contributed by atoms with Crippen LogP contribution < -0.4 is 15.6 Å². The standard InChI is InChI=1S/C23H16Cl2N4O2/c1-31-14-11-9-13(10-12-14)20-23(30)27-21-15-5-2-3-8-18(15)26-22(29(21)28-20)16-6-4-7-17(24)19(16)25/h2-12,22,26H,1H3/t22-/m1/s1. The Labute approximate surface area is 188 Å². The van der Waals surface area contributed by atoms with E-state index in [1.54, 1.807) is 42.1 Å². The van der Waals surface area contributed by atoms with Crippen molar-refractivity contribution in [2.45, 2.75) is 6.17 Å². The van der Waals surface area contributed by atoms with Gasteiger partial charge in [-0.05, 0) is 42.5 Å². The number of methoxy groups -OCH3 is 1. The average molecular weight is 451 g/mol. The first-order chi connectivity index (χ1) is 15.1. The van der Waals surface area contributed by atoms with E-state index in [2.05, 4.69) is 10.3 Å². The van der Waals surface area contributed by atoms with Crippen LogP contribution in [-0.2, 0) is 0 Å². The summed E-state index contributed by atoms with van der Waals surface area (Å²) in [6.45, 7) is 0. The predicted molar refractivity (Wildman–Crippen MR) is 122 cm³/mol. The van der Waals surface area contributed by atoms with Crippen molar-refractivity contribution in [1.82, 2.24) is 14.8 Å². The number of fused-ring (bicyclic) bond motifs is 3. The second-order valence-corrected chi connectivity index (χ2v) is 7.78. The number of hydrogen-bond acceptors (Lipinski definition) is 5. The van der Waals surface area contributed by atoms with E-state index < -0.39 is 11.7 Å². The molecule has 3 aromatic carbocycles. The maximum absolute atomic E-state index is 12.9. The Morgan fingerprint density at radius 2 is 1.77 bits per heavy atom. The van der Waals surface area contributed by atoms with E-state index in [9.17, 15) is 4.79 Å². The zero-order valence-electron chi connectivity index (χ0n) is 16.3. The number of nitrogens with zero attached hydrogens (tertiary/aromatic N) is 3. The van der Waals surface area contributed by atoms with Crippen LogP contribution in [0.2, 0.25) is 10.0 Å². The lowest BCUT2D eigenvalue weighted by molar-refractivity contribution is 0.415. The van der Waals surface area contributed by atoms with E-state index in [1.807, 2.05) is 36.4 Å². The molecule has 5 rings (SSSR count). The summed E-state index contributed by atoms with van der Waals surface area (Å²) in [7, 11) is 1.59. The molecule has 4 aromatic rings. The maximum atomic E-state index is 12.9. The molecule has 31 heavy (non-hydrogen) atoms. The number of ether oxygens (including phenoxy) is 1. The summed E-state index contributed by atoms with van der Waals surface area (Å²) in [6, 6.07) is 20.2. The highest BCUT2D eigenvalue weighted by Crippen LogP contribution is 2.39. The Bertz CT molecular complexity index is 1350. The average Bonchev–Trinajstić information content (AvgIpc) is 2.80. The smallest absolute Gasteiger partial charge is 0.300 e. The van der Waals surface area contributed by atoms with Crippen molar-refractivity contribution in [3.63, 3.8) is 0 Å². The summed E-state index contributed by atoms with van der Waals surface area (Å²) < 4.78 is 6.89. The minimum atomic E-state index is -0.499. The zero-order valence-corrected chi connectivity index (χ0v) is 17.9. The molecule has 0 amide bonds. The molecule has 6 nitrogen and oxygen atoms in total. The fraction of sp³-hybridized carbons (Fsp3) is 0.0870. The molecule has 0 unspecified atom stereocenters. The van der Waals surface area contributed by atoms with Crippen LogP contribution in [0.1, 0.15) is 11.7 Å². The Balaban J connectivity index is 1.75. The lowest BCUT2D eigenvalue weighted by Crippen LogP contribution is -2.32. The quantitative estimate of drug-likeness (QED) is 0.460. The van der Waals surface area contributed by atoms with E-state index >= 15 is 0 Å². The van der Waals surface area contributed by atoms with Crippen molar-refractivity contribution in [3.05, 3.63) is 92.7 Å². The maximum Gasteiger partial charge on any atom is 0.300 e. The highest BCUT2D eigenvalue weighted by Gasteiger charge is 2.29. The molecule has 8 heteroatoms. The fourth-order valence-corrected chi connectivity index (χ4v) is 4.06. The van der Waals surface area contributed by atoms with Crippen LogP contribution in [0.5, 0.6) is 5.75 Å². The molecule has 1 aromatic heterocycles. The van der Waals surface area contributed by atoms with Crippen LogP contribution in [-0.4, -0.2) is 21.9 Å². The van der Waals surface area contributed by atoms with Gasteiger partial charge in [-0.3, -0.25) is 4.79 Å². The van der Waals surface area contributed by atoms with Crippen molar-refractivity contribution in [1.29, 1.82) is 0 Å². The van der Waals surface area contributed by atoms with Crippen LogP contribution in [0.3, 0.4) is 0 Å². The number of nitrogens with one attached hydrogen (secondary N) is 1. The Morgan fingerprint density at radius 1 is 1.00 bits per heavy atom. The molecule has 1 aliphatic heterocycles. The molecule has 0 spiro atoms. The van der Waals surface area contributed by atoms with Crippen LogP contribution in [0, 0.1) is 0 Å². The number of benzene rings is 3. The first kappa shape index (κ1) is 19.6. The molecule has 0 bridgehead atoms. The van der Waals surface area contributed by atoms with Gasteiger partial charge < -0.3 is 10.1 Å². The summed E-state index contributed by atoms with van der Waals surface area (Å²) in [4.78, 5) is 17.3. The van der Waals surface area contributed by atoms with Crippen LogP contribution in [0.25, 0.3) is 22.6 Å². The summed E-state index contributed by atoms with van der Waals surface area (Å²) >= 11 is 12.8. The van der Waals surface area contributed by atoms with Gasteiger partial charge in [0.1, 0.15) is 5.75 Å². The minimum absolute atomic E-state index is 0.232. The molecule has 2 heterocycles. The van der Waals surface area contributed by atoms with Crippen LogP contribution in [0.15, 0.2) is 71.5 Å². The molecular weight excluding hydrogens is 435 g/mol. The number of halogens is 2. The first-order valence-corrected chi connectivity index (χ1v) is 10.3. The van der Waals surface area contributed by atoms with Gasteiger partial charge in [-0.1, -0.05) is 47.5 Å².